The molecule has 0 aliphatic heterocycles. The van der Waals surface area contributed by atoms with Crippen LogP contribution in [0.3, 0.4) is 0 Å². The highest BCUT2D eigenvalue weighted by molar-refractivity contribution is 6.19. The molecule has 51 heavy (non-hydrogen) atoms. The molecule has 4 aliphatic rings. The van der Waals surface area contributed by atoms with Gasteiger partial charge in [-0.1, -0.05) is 121 Å². The third kappa shape index (κ3) is 4.62. The van der Waals surface area contributed by atoms with Crippen LogP contribution in [0.25, 0.3) is 77.0 Å². The van der Waals surface area contributed by atoms with Crippen molar-refractivity contribution in [3.05, 3.63) is 139 Å². The quantitative estimate of drug-likeness (QED) is 0.189. The van der Waals surface area contributed by atoms with Crippen LogP contribution < -0.4 is 0 Å². The molecule has 4 nitrogen and oxygen atoms in total. The molecule has 4 fully saturated rings. The summed E-state index contributed by atoms with van der Waals surface area (Å²) in [5.74, 6) is 4.73. The van der Waals surface area contributed by atoms with Crippen molar-refractivity contribution in [2.75, 3.05) is 0 Å². The van der Waals surface area contributed by atoms with Crippen LogP contribution in [0, 0.1) is 17.8 Å². The van der Waals surface area contributed by atoms with Crippen LogP contribution in [0.1, 0.15) is 44.3 Å². The fourth-order valence-electron chi connectivity index (χ4n) is 10.5. The molecule has 4 saturated carbocycles. The maximum Gasteiger partial charge on any atom is 0.167 e. The maximum atomic E-state index is 7.17. The smallest absolute Gasteiger partial charge is 0.167 e. The maximum absolute atomic E-state index is 7.17. The number of nitrogens with zero attached hydrogens (tertiary/aromatic N) is 3. The van der Waals surface area contributed by atoms with Gasteiger partial charge in [0.1, 0.15) is 17.0 Å². The van der Waals surface area contributed by atoms with Gasteiger partial charge in [-0.05, 0) is 101 Å². The molecule has 0 unspecified atom stereocenters. The van der Waals surface area contributed by atoms with E-state index in [2.05, 4.69) is 133 Å². The van der Waals surface area contributed by atoms with E-state index < -0.39 is 0 Å². The van der Waals surface area contributed by atoms with E-state index in [9.17, 15) is 0 Å². The molecule has 4 bridgehead atoms. The van der Waals surface area contributed by atoms with Crippen molar-refractivity contribution in [2.24, 2.45) is 17.8 Å². The molecular weight excluding hydrogens is 623 g/mol. The first-order chi connectivity index (χ1) is 25.2. The fraction of sp³-hybridized carbons (Fsp3) is 0.213. The summed E-state index contributed by atoms with van der Waals surface area (Å²) >= 11 is 0. The van der Waals surface area contributed by atoms with Gasteiger partial charge in [0.25, 0.3) is 0 Å². The summed E-state index contributed by atoms with van der Waals surface area (Å²) in [4.78, 5) is 16.4. The number of fused-ring (bicyclic) bond motifs is 8. The van der Waals surface area contributed by atoms with E-state index in [1.807, 2.05) is 0 Å². The summed E-state index contributed by atoms with van der Waals surface area (Å²) in [6.45, 7) is 0. The average Bonchev–Trinajstić information content (AvgIpc) is 3.22. The third-order valence-electron chi connectivity index (χ3n) is 12.3. The Bertz CT molecular complexity index is 2720. The van der Waals surface area contributed by atoms with Crippen LogP contribution in [0.15, 0.2) is 138 Å². The fourth-order valence-corrected chi connectivity index (χ4v) is 10.5. The monoisotopic (exact) mass is 659 g/mol. The molecule has 0 saturated heterocycles. The third-order valence-corrected chi connectivity index (χ3v) is 12.3. The van der Waals surface area contributed by atoms with Crippen molar-refractivity contribution in [1.29, 1.82) is 0 Å². The Morgan fingerprint density at radius 1 is 0.431 bits per heavy atom. The number of benzene rings is 6. The first kappa shape index (κ1) is 29.2. The Balaban J connectivity index is 1.26. The van der Waals surface area contributed by atoms with Gasteiger partial charge >= 0.3 is 0 Å². The SMILES string of the molecule is c1ccc2c(-c3nc(-c4cccc5c4oc4ccccc4c4ccccc4c4ccccc54)nc(C45CC6CC(CC(C6)C4)C5)n3)cccc2c1. The van der Waals surface area contributed by atoms with Gasteiger partial charge in [-0.25, -0.2) is 15.0 Å². The minimum Gasteiger partial charge on any atom is -0.455 e. The molecule has 2 heterocycles. The molecule has 0 N–H and O–H groups in total. The number of rotatable bonds is 3. The molecular formula is C47H37N3O. The summed E-state index contributed by atoms with van der Waals surface area (Å²) in [7, 11) is 0. The highest BCUT2D eigenvalue weighted by Crippen LogP contribution is 2.60. The summed E-state index contributed by atoms with van der Waals surface area (Å²) in [6.07, 6.45) is 7.65. The zero-order chi connectivity index (χ0) is 33.5. The zero-order valence-corrected chi connectivity index (χ0v) is 28.4. The van der Waals surface area contributed by atoms with Crippen molar-refractivity contribution in [2.45, 2.75) is 43.9 Å². The second-order valence-electron chi connectivity index (χ2n) is 15.4. The Hall–Kier alpha value is -5.61. The predicted octanol–water partition coefficient (Wildman–Crippen LogP) is 12.2. The van der Waals surface area contributed by atoms with Crippen molar-refractivity contribution in [1.82, 2.24) is 15.0 Å². The number of aromatic nitrogens is 3. The van der Waals surface area contributed by atoms with Gasteiger partial charge in [0, 0.05) is 21.8 Å². The van der Waals surface area contributed by atoms with E-state index in [1.165, 1.54) is 54.7 Å². The van der Waals surface area contributed by atoms with Crippen LogP contribution in [-0.4, -0.2) is 15.0 Å². The van der Waals surface area contributed by atoms with E-state index >= 15 is 0 Å². The van der Waals surface area contributed by atoms with Gasteiger partial charge in [-0.3, -0.25) is 0 Å². The van der Waals surface area contributed by atoms with Crippen LogP contribution in [0.4, 0.5) is 0 Å². The molecule has 4 aliphatic carbocycles. The van der Waals surface area contributed by atoms with Gasteiger partial charge in [0.15, 0.2) is 11.6 Å². The largest absolute Gasteiger partial charge is 0.455 e. The van der Waals surface area contributed by atoms with Gasteiger partial charge in [-0.15, -0.1) is 0 Å². The molecule has 6 aromatic carbocycles. The second-order valence-corrected chi connectivity index (χ2v) is 15.4. The van der Waals surface area contributed by atoms with Crippen molar-refractivity contribution >= 4 is 54.3 Å². The number of para-hydroxylation sites is 2. The highest BCUT2D eigenvalue weighted by Gasteiger charge is 2.53. The predicted molar refractivity (Wildman–Crippen MR) is 208 cm³/mol. The summed E-state index contributed by atoms with van der Waals surface area (Å²) in [5, 5.41) is 9.07. The minimum absolute atomic E-state index is 0.00579. The van der Waals surface area contributed by atoms with Crippen molar-refractivity contribution in [3.8, 4) is 22.8 Å². The van der Waals surface area contributed by atoms with E-state index in [0.717, 1.165) is 78.6 Å². The number of hydrogen-bond donors (Lipinski definition) is 0. The molecule has 0 spiro atoms. The molecule has 8 aromatic rings. The Labute approximate surface area is 296 Å². The summed E-state index contributed by atoms with van der Waals surface area (Å²) < 4.78 is 7.17. The van der Waals surface area contributed by atoms with Gasteiger partial charge < -0.3 is 4.42 Å². The van der Waals surface area contributed by atoms with E-state index in [1.54, 1.807) is 0 Å². The van der Waals surface area contributed by atoms with E-state index in [0.29, 0.717) is 5.82 Å². The Morgan fingerprint density at radius 3 is 1.59 bits per heavy atom. The van der Waals surface area contributed by atoms with Gasteiger partial charge in [-0.2, -0.15) is 0 Å². The molecule has 12 rings (SSSR count). The Morgan fingerprint density at radius 2 is 0.902 bits per heavy atom. The molecule has 2 aromatic heterocycles. The highest BCUT2D eigenvalue weighted by atomic mass is 16.3. The zero-order valence-electron chi connectivity index (χ0n) is 28.4. The minimum atomic E-state index is -0.00579. The van der Waals surface area contributed by atoms with Crippen molar-refractivity contribution in [3.63, 3.8) is 0 Å². The summed E-state index contributed by atoms with van der Waals surface area (Å²) in [6, 6.07) is 47.2. The lowest BCUT2D eigenvalue weighted by molar-refractivity contribution is -0.00938. The molecule has 0 amide bonds. The molecule has 4 heteroatoms. The summed E-state index contributed by atoms with van der Waals surface area (Å²) in [5.41, 5.74) is 3.52. The van der Waals surface area contributed by atoms with Gasteiger partial charge in [0.05, 0.1) is 5.56 Å². The lowest BCUT2D eigenvalue weighted by Crippen LogP contribution is -2.49. The van der Waals surface area contributed by atoms with Gasteiger partial charge in [0.2, 0.25) is 0 Å². The first-order valence-corrected chi connectivity index (χ1v) is 18.5. The van der Waals surface area contributed by atoms with Crippen LogP contribution in [0.2, 0.25) is 0 Å². The van der Waals surface area contributed by atoms with Crippen molar-refractivity contribution < 1.29 is 4.42 Å². The first-order valence-electron chi connectivity index (χ1n) is 18.5. The van der Waals surface area contributed by atoms with Crippen LogP contribution in [0.5, 0.6) is 0 Å². The lowest BCUT2D eigenvalue weighted by Gasteiger charge is -2.56. The number of hydrogen-bond acceptors (Lipinski definition) is 4. The Kier molecular flexibility index (Phi) is 6.40. The van der Waals surface area contributed by atoms with Crippen LogP contribution >= 0.6 is 0 Å². The normalized spacial score (nSPS) is 22.3. The van der Waals surface area contributed by atoms with Crippen LogP contribution in [-0.2, 0) is 5.41 Å². The average molecular weight is 660 g/mol. The van der Waals surface area contributed by atoms with E-state index in [4.69, 9.17) is 19.4 Å². The molecule has 0 atom stereocenters. The lowest BCUT2D eigenvalue weighted by atomic mass is 9.49. The second kappa shape index (κ2) is 11.2. The topological polar surface area (TPSA) is 51.8 Å². The molecule has 0 radical (unpaired) electrons. The molecule has 246 valence electrons. The standard InChI is InChI=1S/C47H37N3O/c1-2-13-33-32(11-1)12-9-20-40(33)44-48-45(50-46(49-44)47-26-29-23-30(27-47)25-31(24-29)28-47)41-21-10-19-39-37-17-6-4-15-35(37)34-14-3-5-16-36(34)38-18-7-8-22-42(38)51-43(39)41/h1-22,29-31H,23-28H2. The van der Waals surface area contributed by atoms with E-state index in [-0.39, 0.29) is 5.41 Å².